The molecule has 10 heteroatoms. The summed E-state index contributed by atoms with van der Waals surface area (Å²) in [5.74, 6) is 1.17. The summed E-state index contributed by atoms with van der Waals surface area (Å²) < 4.78 is 41.9. The largest absolute Gasteiger partial charge is 0.467 e. The van der Waals surface area contributed by atoms with Crippen molar-refractivity contribution in [3.8, 4) is 0 Å². The van der Waals surface area contributed by atoms with Gasteiger partial charge in [0.25, 0.3) is 15.9 Å². The molecule has 3 aromatic carbocycles. The van der Waals surface area contributed by atoms with Gasteiger partial charge >= 0.3 is 0 Å². The van der Waals surface area contributed by atoms with E-state index in [0.717, 1.165) is 54.7 Å². The molecule has 1 amide bonds. The molecule has 1 fully saturated rings. The molecule has 0 spiro atoms. The third kappa shape index (κ3) is 6.64. The van der Waals surface area contributed by atoms with Gasteiger partial charge in [0.15, 0.2) is 0 Å². The molecule has 1 aliphatic heterocycles. The number of furan rings is 2. The van der Waals surface area contributed by atoms with Crippen LogP contribution in [0.5, 0.6) is 0 Å². The standard InChI is InChI=1S/C37H40ClN3O5S/c1-4-35-26(3)32-23-30(16-18-36(32)46-35)47(43,44)41(5-2)34-17-15-28(39-19-9-6-10-20-39)22-27(34)24-40(25-29-12-11-21-45-29)37(42)31-13-7-8-14-33(31)38/h7-8,11-18,21-23H,4-6,9-10,19-20,24-25H2,1-3H3. The van der Waals surface area contributed by atoms with E-state index in [2.05, 4.69) is 4.90 Å². The van der Waals surface area contributed by atoms with Crippen molar-refractivity contribution in [2.45, 2.75) is 64.4 Å². The molecule has 1 aliphatic rings. The Bertz CT molecular complexity index is 1980. The summed E-state index contributed by atoms with van der Waals surface area (Å²) in [6, 6.07) is 21.5. The maximum atomic E-state index is 14.4. The Morgan fingerprint density at radius 3 is 2.43 bits per heavy atom. The van der Waals surface area contributed by atoms with E-state index >= 15 is 0 Å². The molecule has 246 valence electrons. The van der Waals surface area contributed by atoms with Gasteiger partial charge in [-0.25, -0.2) is 8.42 Å². The van der Waals surface area contributed by atoms with Gasteiger partial charge in [0, 0.05) is 43.7 Å². The fourth-order valence-electron chi connectivity index (χ4n) is 6.44. The molecule has 3 heterocycles. The Labute approximate surface area is 281 Å². The zero-order valence-corrected chi connectivity index (χ0v) is 28.6. The molecular weight excluding hydrogens is 634 g/mol. The smallest absolute Gasteiger partial charge is 0.264 e. The van der Waals surface area contributed by atoms with E-state index < -0.39 is 10.0 Å². The van der Waals surface area contributed by atoms with Gasteiger partial charge in [-0.15, -0.1) is 0 Å². The van der Waals surface area contributed by atoms with E-state index in [1.165, 1.54) is 10.7 Å². The number of sulfonamides is 1. The zero-order chi connectivity index (χ0) is 33.1. The molecule has 0 bridgehead atoms. The van der Waals surface area contributed by atoms with Crippen molar-refractivity contribution >= 4 is 49.9 Å². The predicted octanol–water partition coefficient (Wildman–Crippen LogP) is 8.60. The number of carbonyl (C=O) groups excluding carboxylic acids is 1. The number of piperidine rings is 1. The predicted molar refractivity (Wildman–Crippen MR) is 187 cm³/mol. The van der Waals surface area contributed by atoms with Gasteiger partial charge in [-0.1, -0.05) is 30.7 Å². The zero-order valence-electron chi connectivity index (χ0n) is 27.0. The first-order valence-electron chi connectivity index (χ1n) is 16.2. The van der Waals surface area contributed by atoms with Crippen LogP contribution >= 0.6 is 11.6 Å². The van der Waals surface area contributed by atoms with Crippen LogP contribution in [0, 0.1) is 6.92 Å². The maximum Gasteiger partial charge on any atom is 0.264 e. The number of carbonyl (C=O) groups is 1. The van der Waals surface area contributed by atoms with E-state index in [9.17, 15) is 13.2 Å². The van der Waals surface area contributed by atoms with Gasteiger partial charge in [-0.3, -0.25) is 9.10 Å². The number of hydrogen-bond donors (Lipinski definition) is 0. The van der Waals surface area contributed by atoms with Crippen molar-refractivity contribution in [3.05, 3.63) is 112 Å². The summed E-state index contributed by atoms with van der Waals surface area (Å²) in [5, 5.41) is 1.13. The SMILES string of the molecule is CCc1oc2ccc(S(=O)(=O)N(CC)c3ccc(N4CCCCC4)cc3CN(Cc3ccco3)C(=O)c3ccccc3Cl)cc2c1C. The number of anilines is 2. The molecule has 0 N–H and O–H groups in total. The average molecular weight is 674 g/mol. The Hall–Kier alpha value is -4.21. The summed E-state index contributed by atoms with van der Waals surface area (Å²) in [7, 11) is -4.00. The van der Waals surface area contributed by atoms with Gasteiger partial charge in [0.1, 0.15) is 17.1 Å². The van der Waals surface area contributed by atoms with Crippen molar-refractivity contribution < 1.29 is 22.0 Å². The van der Waals surface area contributed by atoms with Crippen LogP contribution in [0.2, 0.25) is 5.02 Å². The fraction of sp³-hybridized carbons (Fsp3) is 0.324. The van der Waals surface area contributed by atoms with E-state index in [0.29, 0.717) is 33.2 Å². The maximum absolute atomic E-state index is 14.4. The minimum absolute atomic E-state index is 0.132. The van der Waals surface area contributed by atoms with Gasteiger partial charge in [0.05, 0.1) is 34.0 Å². The second kappa shape index (κ2) is 13.9. The van der Waals surface area contributed by atoms with Crippen molar-refractivity contribution in [1.82, 2.24) is 4.90 Å². The first kappa shape index (κ1) is 32.7. The summed E-state index contributed by atoms with van der Waals surface area (Å²) in [6.45, 7) is 8.15. The van der Waals surface area contributed by atoms with E-state index in [-0.39, 0.29) is 30.4 Å². The van der Waals surface area contributed by atoms with Crippen LogP contribution in [0.4, 0.5) is 11.4 Å². The third-order valence-electron chi connectivity index (χ3n) is 8.94. The van der Waals surface area contributed by atoms with Crippen molar-refractivity contribution in [2.24, 2.45) is 0 Å². The molecule has 0 atom stereocenters. The minimum Gasteiger partial charge on any atom is -0.467 e. The number of halogens is 1. The lowest BCUT2D eigenvalue weighted by molar-refractivity contribution is 0.0718. The summed E-state index contributed by atoms with van der Waals surface area (Å²) in [4.78, 5) is 18.3. The van der Waals surface area contributed by atoms with Crippen molar-refractivity contribution in [3.63, 3.8) is 0 Å². The third-order valence-corrected chi connectivity index (χ3v) is 11.1. The topological polar surface area (TPSA) is 87.2 Å². The van der Waals surface area contributed by atoms with Gasteiger partial charge in [-0.2, -0.15) is 0 Å². The van der Waals surface area contributed by atoms with Crippen molar-refractivity contribution in [2.75, 3.05) is 28.8 Å². The van der Waals surface area contributed by atoms with Crippen molar-refractivity contribution in [1.29, 1.82) is 0 Å². The number of benzene rings is 3. The first-order valence-corrected chi connectivity index (χ1v) is 18.0. The number of rotatable bonds is 11. The second-order valence-electron chi connectivity index (χ2n) is 11.9. The Balaban J connectivity index is 1.45. The Kier molecular flexibility index (Phi) is 9.66. The molecule has 5 aromatic rings. The van der Waals surface area contributed by atoms with E-state index in [1.807, 2.05) is 45.0 Å². The van der Waals surface area contributed by atoms with Gasteiger partial charge in [0.2, 0.25) is 0 Å². The number of hydrogen-bond acceptors (Lipinski definition) is 6. The van der Waals surface area contributed by atoms with Gasteiger partial charge in [-0.05, 0) is 105 Å². The molecule has 1 saturated heterocycles. The molecule has 0 unspecified atom stereocenters. The Morgan fingerprint density at radius 1 is 0.936 bits per heavy atom. The van der Waals surface area contributed by atoms with Crippen LogP contribution in [-0.2, 0) is 29.5 Å². The number of nitrogens with zero attached hydrogens (tertiary/aromatic N) is 3. The number of amides is 1. The summed E-state index contributed by atoms with van der Waals surface area (Å²) in [6.07, 6.45) is 5.67. The molecule has 6 rings (SSSR count). The number of fused-ring (bicyclic) bond motifs is 1. The van der Waals surface area contributed by atoms with Crippen LogP contribution in [-0.4, -0.2) is 38.9 Å². The van der Waals surface area contributed by atoms with Crippen LogP contribution in [0.3, 0.4) is 0 Å². The summed E-state index contributed by atoms with van der Waals surface area (Å²) in [5.41, 5.74) is 4.20. The van der Waals surface area contributed by atoms with Crippen LogP contribution < -0.4 is 9.21 Å². The van der Waals surface area contributed by atoms with Gasteiger partial charge < -0.3 is 18.6 Å². The lowest BCUT2D eigenvalue weighted by atomic mass is 10.1. The van der Waals surface area contributed by atoms with Crippen LogP contribution in [0.1, 0.15) is 66.1 Å². The Morgan fingerprint density at radius 2 is 1.72 bits per heavy atom. The average Bonchev–Trinajstić information content (AvgIpc) is 3.72. The lowest BCUT2D eigenvalue weighted by Gasteiger charge is -2.32. The highest BCUT2D eigenvalue weighted by molar-refractivity contribution is 7.92. The highest BCUT2D eigenvalue weighted by Gasteiger charge is 2.29. The second-order valence-corrected chi connectivity index (χ2v) is 14.2. The number of aryl methyl sites for hydroxylation is 2. The molecular formula is C37H40ClN3O5S. The minimum atomic E-state index is -4.00. The van der Waals surface area contributed by atoms with Crippen LogP contribution in [0.15, 0.2) is 92.8 Å². The molecule has 0 radical (unpaired) electrons. The molecule has 8 nitrogen and oxygen atoms in total. The lowest BCUT2D eigenvalue weighted by Crippen LogP contribution is -2.35. The van der Waals surface area contributed by atoms with E-state index in [1.54, 1.807) is 59.7 Å². The fourth-order valence-corrected chi connectivity index (χ4v) is 8.19. The van der Waals surface area contributed by atoms with E-state index in [4.69, 9.17) is 20.4 Å². The quantitative estimate of drug-likeness (QED) is 0.140. The molecule has 0 aliphatic carbocycles. The monoisotopic (exact) mass is 673 g/mol. The van der Waals surface area contributed by atoms with Crippen LogP contribution in [0.25, 0.3) is 11.0 Å². The molecule has 0 saturated carbocycles. The summed E-state index contributed by atoms with van der Waals surface area (Å²) >= 11 is 6.50. The molecule has 2 aromatic heterocycles. The first-order chi connectivity index (χ1) is 22.7. The highest BCUT2D eigenvalue weighted by atomic mass is 35.5. The highest BCUT2D eigenvalue weighted by Crippen LogP contribution is 2.35. The molecule has 47 heavy (non-hydrogen) atoms. The normalized spacial score (nSPS) is 13.7.